The lowest BCUT2D eigenvalue weighted by Gasteiger charge is -2.22. The number of alkyl halides is 1. The molecule has 0 amide bonds. The highest BCUT2D eigenvalue weighted by atomic mass is 35.5. The molecule has 0 aliphatic heterocycles. The average molecular weight is 262 g/mol. The first kappa shape index (κ1) is 14.5. The van der Waals surface area contributed by atoms with Crippen molar-refractivity contribution in [3.63, 3.8) is 0 Å². The molecule has 0 saturated heterocycles. The Labute approximate surface area is 94.5 Å². The minimum Gasteiger partial charge on any atom is -0.388 e. The molecule has 0 spiro atoms. The Morgan fingerprint density at radius 1 is 1.57 bits per heavy atom. The fraction of sp³-hybridized carbons (Fsp3) is 1.00. The molecule has 86 valence electrons. The molecule has 0 bridgehead atoms. The van der Waals surface area contributed by atoms with Gasteiger partial charge in [-0.15, -0.1) is 11.6 Å². The molecule has 0 saturated carbocycles. The molecule has 0 fully saturated rings. The highest BCUT2D eigenvalue weighted by Crippen LogP contribution is 2.09. The standard InChI is InChI=1S/C7H16ClNO3S2/c1-7(10,6-13-2)5-9-14(11,12)4-3-8/h9-10H,3-6H2,1-2H3. The summed E-state index contributed by atoms with van der Waals surface area (Å²) in [6.07, 6.45) is 1.85. The summed E-state index contributed by atoms with van der Waals surface area (Å²) in [6, 6.07) is 0. The van der Waals surface area contributed by atoms with Gasteiger partial charge in [-0.2, -0.15) is 11.8 Å². The van der Waals surface area contributed by atoms with Crippen molar-refractivity contribution in [2.24, 2.45) is 0 Å². The lowest BCUT2D eigenvalue weighted by molar-refractivity contribution is 0.0909. The van der Waals surface area contributed by atoms with E-state index >= 15 is 0 Å². The lowest BCUT2D eigenvalue weighted by Crippen LogP contribution is -2.43. The first-order valence-electron chi connectivity index (χ1n) is 4.07. The van der Waals surface area contributed by atoms with E-state index in [-0.39, 0.29) is 18.2 Å². The van der Waals surface area contributed by atoms with Crippen molar-refractivity contribution in [1.82, 2.24) is 4.72 Å². The second-order valence-electron chi connectivity index (χ2n) is 3.26. The molecule has 7 heteroatoms. The molecule has 1 unspecified atom stereocenters. The second-order valence-corrected chi connectivity index (χ2v) is 6.43. The Hall–Kier alpha value is 0.510. The van der Waals surface area contributed by atoms with Crippen molar-refractivity contribution >= 4 is 33.4 Å². The van der Waals surface area contributed by atoms with Gasteiger partial charge in [0.05, 0.1) is 11.4 Å². The van der Waals surface area contributed by atoms with E-state index in [9.17, 15) is 13.5 Å². The summed E-state index contributed by atoms with van der Waals surface area (Å²) in [5, 5.41) is 9.67. The number of nitrogens with one attached hydrogen (secondary N) is 1. The molecule has 2 N–H and O–H groups in total. The first-order valence-corrected chi connectivity index (χ1v) is 7.66. The number of rotatable bonds is 7. The van der Waals surface area contributed by atoms with Crippen molar-refractivity contribution in [3.8, 4) is 0 Å². The molecule has 0 aromatic rings. The van der Waals surface area contributed by atoms with E-state index in [2.05, 4.69) is 4.72 Å². The predicted octanol–water partition coefficient (Wildman–Crippen LogP) is 0.259. The monoisotopic (exact) mass is 261 g/mol. The third-order valence-corrected chi connectivity index (χ3v) is 4.12. The first-order chi connectivity index (χ1) is 6.33. The Kier molecular flexibility index (Phi) is 6.40. The topological polar surface area (TPSA) is 66.4 Å². The minimum absolute atomic E-state index is 0.0209. The van der Waals surface area contributed by atoms with Gasteiger partial charge < -0.3 is 5.11 Å². The molecule has 4 nitrogen and oxygen atoms in total. The number of sulfonamides is 1. The van der Waals surface area contributed by atoms with Crippen LogP contribution in [-0.2, 0) is 10.0 Å². The van der Waals surface area contributed by atoms with Crippen LogP contribution < -0.4 is 4.72 Å². The third-order valence-electron chi connectivity index (χ3n) is 1.47. The van der Waals surface area contributed by atoms with Gasteiger partial charge >= 0.3 is 0 Å². The molecular weight excluding hydrogens is 246 g/mol. The molecule has 0 aliphatic carbocycles. The minimum atomic E-state index is -3.33. The summed E-state index contributed by atoms with van der Waals surface area (Å²) in [6.45, 7) is 1.61. The summed E-state index contributed by atoms with van der Waals surface area (Å²) in [7, 11) is -3.33. The zero-order chi connectivity index (χ0) is 11.2. The van der Waals surface area contributed by atoms with E-state index in [1.807, 2.05) is 6.26 Å². The van der Waals surface area contributed by atoms with Crippen molar-refractivity contribution in [2.45, 2.75) is 12.5 Å². The van der Waals surface area contributed by atoms with Crippen LogP contribution in [0.15, 0.2) is 0 Å². The summed E-state index contributed by atoms with van der Waals surface area (Å²) in [4.78, 5) is 0. The quantitative estimate of drug-likeness (QED) is 0.645. The van der Waals surface area contributed by atoms with Gasteiger partial charge in [0.15, 0.2) is 0 Å². The van der Waals surface area contributed by atoms with Gasteiger partial charge in [0.25, 0.3) is 0 Å². The van der Waals surface area contributed by atoms with Crippen molar-refractivity contribution in [2.75, 3.05) is 30.2 Å². The van der Waals surface area contributed by atoms with Crippen molar-refractivity contribution < 1.29 is 13.5 Å². The number of hydrogen-bond donors (Lipinski definition) is 2. The maximum Gasteiger partial charge on any atom is 0.212 e. The smallest absolute Gasteiger partial charge is 0.212 e. The van der Waals surface area contributed by atoms with E-state index in [4.69, 9.17) is 11.6 Å². The second kappa shape index (κ2) is 6.17. The fourth-order valence-electron chi connectivity index (χ4n) is 0.801. The fourth-order valence-corrected chi connectivity index (χ4v) is 3.01. The van der Waals surface area contributed by atoms with E-state index in [0.29, 0.717) is 5.75 Å². The van der Waals surface area contributed by atoms with Crippen LogP contribution in [0.1, 0.15) is 6.92 Å². The predicted molar refractivity (Wildman–Crippen MR) is 61.5 cm³/mol. The normalized spacial score (nSPS) is 16.6. The van der Waals surface area contributed by atoms with Gasteiger partial charge in [0.2, 0.25) is 10.0 Å². The SMILES string of the molecule is CSCC(C)(O)CNS(=O)(=O)CCCl. The number of aliphatic hydroxyl groups is 1. The van der Waals surface area contributed by atoms with Crippen LogP contribution in [-0.4, -0.2) is 49.3 Å². The Morgan fingerprint density at radius 2 is 2.14 bits per heavy atom. The van der Waals surface area contributed by atoms with E-state index < -0.39 is 15.6 Å². The average Bonchev–Trinajstić information content (AvgIpc) is 2.01. The molecule has 0 heterocycles. The van der Waals surface area contributed by atoms with E-state index in [1.54, 1.807) is 6.92 Å². The van der Waals surface area contributed by atoms with Gasteiger partial charge in [0.1, 0.15) is 0 Å². The molecule has 0 aromatic heterocycles. The lowest BCUT2D eigenvalue weighted by atomic mass is 10.1. The van der Waals surface area contributed by atoms with Crippen molar-refractivity contribution in [3.05, 3.63) is 0 Å². The van der Waals surface area contributed by atoms with Gasteiger partial charge in [-0.3, -0.25) is 0 Å². The zero-order valence-corrected chi connectivity index (χ0v) is 10.7. The summed E-state index contributed by atoms with van der Waals surface area (Å²) in [5.74, 6) is 0.417. The maximum atomic E-state index is 11.2. The Bertz CT molecular complexity index is 254. The largest absolute Gasteiger partial charge is 0.388 e. The van der Waals surface area contributed by atoms with Crippen LogP contribution >= 0.6 is 23.4 Å². The molecule has 0 aromatic carbocycles. The van der Waals surface area contributed by atoms with Gasteiger partial charge in [-0.05, 0) is 13.2 Å². The van der Waals surface area contributed by atoms with E-state index in [1.165, 1.54) is 11.8 Å². The van der Waals surface area contributed by atoms with Crippen LogP contribution in [0.5, 0.6) is 0 Å². The molecule has 0 radical (unpaired) electrons. The summed E-state index contributed by atoms with van der Waals surface area (Å²) in [5.41, 5.74) is -1.02. The molecule has 0 aliphatic rings. The molecular formula is C7H16ClNO3S2. The third kappa shape index (κ3) is 6.89. The Balaban J connectivity index is 4.04. The highest BCUT2D eigenvalue weighted by Gasteiger charge is 2.22. The van der Waals surface area contributed by atoms with Crippen LogP contribution in [0, 0.1) is 0 Å². The van der Waals surface area contributed by atoms with Gasteiger partial charge in [-0.1, -0.05) is 0 Å². The summed E-state index contributed by atoms with van der Waals surface area (Å²) >= 11 is 6.77. The van der Waals surface area contributed by atoms with Crippen LogP contribution in [0.2, 0.25) is 0 Å². The van der Waals surface area contributed by atoms with Crippen LogP contribution in [0.4, 0.5) is 0 Å². The molecule has 0 rings (SSSR count). The molecule has 1 atom stereocenters. The maximum absolute atomic E-state index is 11.2. The zero-order valence-electron chi connectivity index (χ0n) is 8.29. The number of thioether (sulfide) groups is 1. The highest BCUT2D eigenvalue weighted by molar-refractivity contribution is 7.98. The van der Waals surface area contributed by atoms with E-state index in [0.717, 1.165) is 0 Å². The van der Waals surface area contributed by atoms with Crippen molar-refractivity contribution in [1.29, 1.82) is 0 Å². The molecule has 14 heavy (non-hydrogen) atoms. The Morgan fingerprint density at radius 3 is 2.57 bits per heavy atom. The number of halogens is 1. The van der Waals surface area contributed by atoms with Crippen LogP contribution in [0.3, 0.4) is 0 Å². The van der Waals surface area contributed by atoms with Gasteiger partial charge in [-0.25, -0.2) is 13.1 Å². The number of hydrogen-bond acceptors (Lipinski definition) is 4. The van der Waals surface area contributed by atoms with Gasteiger partial charge in [0, 0.05) is 18.2 Å². The summed E-state index contributed by atoms with van der Waals surface area (Å²) < 4.78 is 24.6. The van der Waals surface area contributed by atoms with Crippen LogP contribution in [0.25, 0.3) is 0 Å².